The smallest absolute Gasteiger partial charge is 0.238 e. The second-order valence-electron chi connectivity index (χ2n) is 5.45. The molecule has 0 aromatic heterocycles. The molecule has 116 valence electrons. The van der Waals surface area contributed by atoms with E-state index in [-0.39, 0.29) is 10.7 Å². The predicted octanol–water partition coefficient (Wildman–Crippen LogP) is 2.43. The maximum atomic E-state index is 13.4. The van der Waals surface area contributed by atoms with Gasteiger partial charge >= 0.3 is 0 Å². The summed E-state index contributed by atoms with van der Waals surface area (Å²) < 4.78 is 36.7. The molecule has 0 atom stereocenters. The molecule has 6 heteroatoms. The zero-order valence-electron chi connectivity index (χ0n) is 12.0. The minimum Gasteiger partial charge on any atom is -0.367 e. The van der Waals surface area contributed by atoms with Crippen LogP contribution in [0, 0.1) is 5.82 Å². The van der Waals surface area contributed by atoms with Crippen molar-refractivity contribution in [3.63, 3.8) is 0 Å². The molecule has 22 heavy (non-hydrogen) atoms. The molecule has 3 rings (SSSR count). The summed E-state index contributed by atoms with van der Waals surface area (Å²) in [6, 6.07) is 11.5. The van der Waals surface area contributed by atoms with Crippen LogP contribution in [0.25, 0.3) is 0 Å². The van der Waals surface area contributed by atoms with E-state index in [1.165, 1.54) is 12.1 Å². The first-order chi connectivity index (χ1) is 10.4. The van der Waals surface area contributed by atoms with E-state index in [0.29, 0.717) is 12.1 Å². The highest BCUT2D eigenvalue weighted by molar-refractivity contribution is 7.89. The molecule has 0 radical (unpaired) electrons. The number of anilines is 1. The number of nitrogens with two attached hydrogens (primary N) is 1. The normalized spacial score (nSPS) is 14.7. The first-order valence-corrected chi connectivity index (χ1v) is 8.64. The summed E-state index contributed by atoms with van der Waals surface area (Å²) >= 11 is 0. The molecule has 2 N–H and O–H groups in total. The first-order valence-electron chi connectivity index (χ1n) is 7.09. The fourth-order valence-corrected chi connectivity index (χ4v) is 3.69. The third-order valence-electron chi connectivity index (χ3n) is 3.90. The molecule has 4 nitrogen and oxygen atoms in total. The van der Waals surface area contributed by atoms with Crippen LogP contribution in [0.1, 0.15) is 17.5 Å². The predicted molar refractivity (Wildman–Crippen MR) is 83.6 cm³/mol. The summed E-state index contributed by atoms with van der Waals surface area (Å²) in [6.07, 6.45) is 1.74. The van der Waals surface area contributed by atoms with Gasteiger partial charge in [-0.05, 0) is 48.2 Å². The lowest BCUT2D eigenvalue weighted by molar-refractivity contribution is 0.595. The van der Waals surface area contributed by atoms with E-state index in [0.717, 1.165) is 30.6 Å². The SMILES string of the molecule is NS(=O)(=O)c1ccccc1CN1CCCc2cc(F)ccc21. The van der Waals surface area contributed by atoms with Gasteiger partial charge in [0.1, 0.15) is 5.82 Å². The van der Waals surface area contributed by atoms with E-state index in [9.17, 15) is 12.8 Å². The number of aryl methyl sites for hydroxylation is 1. The quantitative estimate of drug-likeness (QED) is 0.944. The van der Waals surface area contributed by atoms with Crippen molar-refractivity contribution in [2.75, 3.05) is 11.4 Å². The molecule has 0 fully saturated rings. The number of primary sulfonamides is 1. The van der Waals surface area contributed by atoms with Crippen molar-refractivity contribution in [3.05, 3.63) is 59.4 Å². The molecule has 2 aromatic carbocycles. The minimum absolute atomic E-state index is 0.143. The second kappa shape index (κ2) is 5.70. The molecule has 0 spiro atoms. The molecule has 0 unspecified atom stereocenters. The Morgan fingerprint density at radius 1 is 1.18 bits per heavy atom. The Labute approximate surface area is 129 Å². The van der Waals surface area contributed by atoms with Crippen LogP contribution in [-0.2, 0) is 23.0 Å². The molecule has 0 aliphatic carbocycles. The first kappa shape index (κ1) is 15.0. The summed E-state index contributed by atoms with van der Waals surface area (Å²) in [5.41, 5.74) is 2.57. The molecule has 1 aliphatic heterocycles. The zero-order valence-corrected chi connectivity index (χ0v) is 12.8. The van der Waals surface area contributed by atoms with Gasteiger partial charge in [-0.3, -0.25) is 0 Å². The van der Waals surface area contributed by atoms with Gasteiger partial charge in [0.2, 0.25) is 10.0 Å². The number of sulfonamides is 1. The van der Waals surface area contributed by atoms with Crippen molar-refractivity contribution in [3.8, 4) is 0 Å². The maximum absolute atomic E-state index is 13.4. The number of hydrogen-bond acceptors (Lipinski definition) is 3. The van der Waals surface area contributed by atoms with Crippen LogP contribution in [0.2, 0.25) is 0 Å². The number of benzene rings is 2. The average Bonchev–Trinajstić information content (AvgIpc) is 2.46. The van der Waals surface area contributed by atoms with Crippen molar-refractivity contribution in [2.24, 2.45) is 5.14 Å². The van der Waals surface area contributed by atoms with Crippen LogP contribution < -0.4 is 10.0 Å². The van der Waals surface area contributed by atoms with Crippen molar-refractivity contribution >= 4 is 15.7 Å². The largest absolute Gasteiger partial charge is 0.367 e. The maximum Gasteiger partial charge on any atom is 0.238 e. The van der Waals surface area contributed by atoms with Gasteiger partial charge in [0.15, 0.2) is 0 Å². The lowest BCUT2D eigenvalue weighted by Crippen LogP contribution is -2.30. The van der Waals surface area contributed by atoms with E-state index < -0.39 is 10.0 Å². The second-order valence-corrected chi connectivity index (χ2v) is 6.98. The fourth-order valence-electron chi connectivity index (χ4n) is 2.93. The Morgan fingerprint density at radius 2 is 1.95 bits per heavy atom. The van der Waals surface area contributed by atoms with Crippen LogP contribution in [0.3, 0.4) is 0 Å². The molecule has 2 aromatic rings. The van der Waals surface area contributed by atoms with Crippen LogP contribution in [0.5, 0.6) is 0 Å². The van der Waals surface area contributed by atoms with Crippen LogP contribution >= 0.6 is 0 Å². The van der Waals surface area contributed by atoms with Gasteiger partial charge in [0.25, 0.3) is 0 Å². The van der Waals surface area contributed by atoms with Gasteiger partial charge in [0.05, 0.1) is 4.90 Å². The van der Waals surface area contributed by atoms with E-state index >= 15 is 0 Å². The van der Waals surface area contributed by atoms with E-state index in [1.807, 2.05) is 0 Å². The van der Waals surface area contributed by atoms with Gasteiger partial charge in [-0.25, -0.2) is 17.9 Å². The summed E-state index contributed by atoms with van der Waals surface area (Å²) in [6.45, 7) is 1.24. The van der Waals surface area contributed by atoms with Crippen LogP contribution in [-0.4, -0.2) is 15.0 Å². The highest BCUT2D eigenvalue weighted by Gasteiger charge is 2.20. The van der Waals surface area contributed by atoms with Gasteiger partial charge < -0.3 is 4.90 Å². The Kier molecular flexibility index (Phi) is 3.88. The number of rotatable bonds is 3. The van der Waals surface area contributed by atoms with Crippen LogP contribution in [0.4, 0.5) is 10.1 Å². The van der Waals surface area contributed by atoms with E-state index in [1.54, 1.807) is 30.3 Å². The summed E-state index contributed by atoms with van der Waals surface area (Å²) in [7, 11) is -3.75. The zero-order chi connectivity index (χ0) is 15.7. The molecule has 0 amide bonds. The topological polar surface area (TPSA) is 63.4 Å². The number of nitrogens with zero attached hydrogens (tertiary/aromatic N) is 1. The fraction of sp³-hybridized carbons (Fsp3) is 0.250. The molecular weight excluding hydrogens is 303 g/mol. The Bertz CT molecular complexity index is 806. The Hall–Kier alpha value is -1.92. The number of halogens is 1. The molecule has 1 aliphatic rings. The monoisotopic (exact) mass is 320 g/mol. The van der Waals surface area contributed by atoms with Crippen molar-refractivity contribution in [1.82, 2.24) is 0 Å². The van der Waals surface area contributed by atoms with Crippen molar-refractivity contribution in [2.45, 2.75) is 24.3 Å². The standard InChI is InChI=1S/C16H17FN2O2S/c17-14-7-8-15-12(10-14)5-3-9-19(15)11-13-4-1-2-6-16(13)22(18,20)21/h1-2,4,6-8,10H,3,5,9,11H2,(H2,18,20,21). The molecule has 1 heterocycles. The summed E-state index contributed by atoms with van der Waals surface area (Å²) in [5, 5.41) is 5.28. The highest BCUT2D eigenvalue weighted by Crippen LogP contribution is 2.30. The highest BCUT2D eigenvalue weighted by atomic mass is 32.2. The van der Waals surface area contributed by atoms with Crippen molar-refractivity contribution in [1.29, 1.82) is 0 Å². The third kappa shape index (κ3) is 2.98. The van der Waals surface area contributed by atoms with Gasteiger partial charge in [-0.1, -0.05) is 18.2 Å². The summed E-state index contributed by atoms with van der Waals surface area (Å²) in [4.78, 5) is 2.21. The van der Waals surface area contributed by atoms with E-state index in [4.69, 9.17) is 5.14 Å². The number of fused-ring (bicyclic) bond motifs is 1. The Morgan fingerprint density at radius 3 is 2.73 bits per heavy atom. The lowest BCUT2D eigenvalue weighted by atomic mass is 10.0. The van der Waals surface area contributed by atoms with Gasteiger partial charge in [-0.15, -0.1) is 0 Å². The molecule has 0 bridgehead atoms. The molecular formula is C16H17FN2O2S. The van der Waals surface area contributed by atoms with Gasteiger partial charge in [0, 0.05) is 18.8 Å². The van der Waals surface area contributed by atoms with Crippen molar-refractivity contribution < 1.29 is 12.8 Å². The average molecular weight is 320 g/mol. The molecule has 0 saturated carbocycles. The molecule has 0 saturated heterocycles. The lowest BCUT2D eigenvalue weighted by Gasteiger charge is -2.31. The van der Waals surface area contributed by atoms with Gasteiger partial charge in [-0.2, -0.15) is 0 Å². The minimum atomic E-state index is -3.75. The third-order valence-corrected chi connectivity index (χ3v) is 4.91. The van der Waals surface area contributed by atoms with E-state index in [2.05, 4.69) is 4.90 Å². The summed E-state index contributed by atoms with van der Waals surface area (Å²) in [5.74, 6) is -0.245. The number of hydrogen-bond donors (Lipinski definition) is 1. The Balaban J connectivity index is 1.96. The van der Waals surface area contributed by atoms with Crippen LogP contribution in [0.15, 0.2) is 47.4 Å².